The van der Waals surface area contributed by atoms with Gasteiger partial charge in [0.15, 0.2) is 0 Å². The zero-order chi connectivity index (χ0) is 10.1. The van der Waals surface area contributed by atoms with Gasteiger partial charge in [0.25, 0.3) is 0 Å². The first kappa shape index (κ1) is 10.4. The van der Waals surface area contributed by atoms with Crippen LogP contribution in [0.1, 0.15) is 24.4 Å². The van der Waals surface area contributed by atoms with E-state index in [1.54, 1.807) is 0 Å². The molecule has 76 valence electrons. The Bertz CT molecular complexity index is 325. The van der Waals surface area contributed by atoms with Crippen molar-refractivity contribution in [2.45, 2.75) is 25.0 Å². The average Bonchev–Trinajstić information content (AvgIpc) is 2.99. The summed E-state index contributed by atoms with van der Waals surface area (Å²) in [6.45, 7) is 0. The summed E-state index contributed by atoms with van der Waals surface area (Å²) in [4.78, 5) is 0. The van der Waals surface area contributed by atoms with Gasteiger partial charge < -0.3 is 10.8 Å². The Morgan fingerprint density at radius 2 is 2.14 bits per heavy atom. The molecule has 14 heavy (non-hydrogen) atoms. The van der Waals surface area contributed by atoms with Gasteiger partial charge in [-0.2, -0.15) is 0 Å². The summed E-state index contributed by atoms with van der Waals surface area (Å²) in [5, 5.41) is 9.87. The van der Waals surface area contributed by atoms with Gasteiger partial charge in [-0.15, -0.1) is 0 Å². The molecular formula is C11H14INO. The molecule has 2 unspecified atom stereocenters. The van der Waals surface area contributed by atoms with Crippen molar-refractivity contribution in [3.63, 3.8) is 0 Å². The minimum Gasteiger partial charge on any atom is -0.391 e. The molecule has 0 saturated heterocycles. The van der Waals surface area contributed by atoms with E-state index in [0.29, 0.717) is 5.92 Å². The number of aliphatic hydroxyl groups is 1. The normalized spacial score (nSPS) is 20.5. The number of rotatable bonds is 3. The fourth-order valence-electron chi connectivity index (χ4n) is 1.64. The summed E-state index contributed by atoms with van der Waals surface area (Å²) in [6, 6.07) is 7.81. The predicted octanol–water partition coefficient (Wildman–Crippen LogP) is 2.06. The summed E-state index contributed by atoms with van der Waals surface area (Å²) < 4.78 is 1.17. The molecule has 1 aromatic carbocycles. The lowest BCUT2D eigenvalue weighted by molar-refractivity contribution is 0.122. The zero-order valence-electron chi connectivity index (χ0n) is 7.86. The van der Waals surface area contributed by atoms with Gasteiger partial charge in [-0.25, -0.2) is 0 Å². The van der Waals surface area contributed by atoms with E-state index in [9.17, 15) is 5.11 Å². The third kappa shape index (κ3) is 2.27. The number of benzene rings is 1. The lowest BCUT2D eigenvalue weighted by Gasteiger charge is -2.18. The van der Waals surface area contributed by atoms with Gasteiger partial charge in [-0.1, -0.05) is 12.1 Å². The van der Waals surface area contributed by atoms with Crippen LogP contribution in [0.3, 0.4) is 0 Å². The Balaban J connectivity index is 2.13. The molecule has 0 amide bonds. The second-order valence-corrected chi connectivity index (χ2v) is 5.15. The Labute approximate surface area is 97.6 Å². The van der Waals surface area contributed by atoms with Gasteiger partial charge in [0.05, 0.1) is 12.1 Å². The van der Waals surface area contributed by atoms with Crippen LogP contribution in [0.15, 0.2) is 24.3 Å². The highest BCUT2D eigenvalue weighted by molar-refractivity contribution is 14.1. The first-order chi connectivity index (χ1) is 6.68. The molecule has 3 N–H and O–H groups in total. The van der Waals surface area contributed by atoms with Crippen LogP contribution in [0, 0.1) is 9.49 Å². The first-order valence-corrected chi connectivity index (χ1v) is 5.95. The molecule has 0 bridgehead atoms. The fraction of sp³-hybridized carbons (Fsp3) is 0.455. The molecule has 0 aromatic heterocycles. The van der Waals surface area contributed by atoms with Crippen LogP contribution in [-0.4, -0.2) is 11.2 Å². The van der Waals surface area contributed by atoms with Crippen molar-refractivity contribution in [1.82, 2.24) is 0 Å². The molecule has 2 atom stereocenters. The van der Waals surface area contributed by atoms with E-state index in [-0.39, 0.29) is 12.1 Å². The SMILES string of the molecule is NC(c1cccc(I)c1)C(O)C1CC1. The minimum atomic E-state index is -0.367. The molecule has 0 radical (unpaired) electrons. The number of hydrogen-bond donors (Lipinski definition) is 2. The van der Waals surface area contributed by atoms with Crippen LogP contribution in [0.2, 0.25) is 0 Å². The highest BCUT2D eigenvalue weighted by atomic mass is 127. The number of halogens is 1. The average molecular weight is 303 g/mol. The molecular weight excluding hydrogens is 289 g/mol. The largest absolute Gasteiger partial charge is 0.391 e. The first-order valence-electron chi connectivity index (χ1n) is 4.87. The van der Waals surface area contributed by atoms with Crippen molar-refractivity contribution in [2.24, 2.45) is 11.7 Å². The summed E-state index contributed by atoms with van der Waals surface area (Å²) in [5.41, 5.74) is 7.03. The maximum Gasteiger partial charge on any atom is 0.0760 e. The highest BCUT2D eigenvalue weighted by Gasteiger charge is 2.34. The van der Waals surface area contributed by atoms with E-state index in [1.165, 1.54) is 3.57 Å². The topological polar surface area (TPSA) is 46.2 Å². The summed E-state index contributed by atoms with van der Waals surface area (Å²) >= 11 is 2.26. The van der Waals surface area contributed by atoms with Crippen molar-refractivity contribution in [3.05, 3.63) is 33.4 Å². The number of aliphatic hydroxyl groups excluding tert-OH is 1. The van der Waals surface area contributed by atoms with Crippen molar-refractivity contribution < 1.29 is 5.11 Å². The number of hydrogen-bond acceptors (Lipinski definition) is 2. The second kappa shape index (κ2) is 4.16. The summed E-state index contributed by atoms with van der Waals surface area (Å²) in [5.74, 6) is 0.433. The smallest absolute Gasteiger partial charge is 0.0760 e. The van der Waals surface area contributed by atoms with Gasteiger partial charge in [-0.3, -0.25) is 0 Å². The van der Waals surface area contributed by atoms with E-state index >= 15 is 0 Å². The van der Waals surface area contributed by atoms with Gasteiger partial charge in [0, 0.05) is 3.57 Å². The molecule has 0 aliphatic heterocycles. The van der Waals surface area contributed by atoms with Crippen molar-refractivity contribution in [2.75, 3.05) is 0 Å². The van der Waals surface area contributed by atoms with Gasteiger partial charge >= 0.3 is 0 Å². The van der Waals surface area contributed by atoms with Crippen LogP contribution < -0.4 is 5.73 Å². The molecule has 1 aliphatic rings. The molecule has 0 heterocycles. The molecule has 1 aromatic rings. The zero-order valence-corrected chi connectivity index (χ0v) is 10.0. The molecule has 2 nitrogen and oxygen atoms in total. The second-order valence-electron chi connectivity index (χ2n) is 3.91. The third-order valence-electron chi connectivity index (χ3n) is 2.71. The standard InChI is InChI=1S/C11H14INO/c12-9-3-1-2-8(6-9)10(13)11(14)7-4-5-7/h1-3,6-7,10-11,14H,4-5,13H2. The van der Waals surface area contributed by atoms with Gasteiger partial charge in [-0.05, 0) is 59.0 Å². The Hall–Kier alpha value is -0.130. The van der Waals surface area contributed by atoms with Crippen molar-refractivity contribution in [1.29, 1.82) is 0 Å². The monoisotopic (exact) mass is 303 g/mol. The highest BCUT2D eigenvalue weighted by Crippen LogP contribution is 2.37. The van der Waals surface area contributed by atoms with Crippen LogP contribution in [0.4, 0.5) is 0 Å². The van der Waals surface area contributed by atoms with E-state index in [1.807, 2.05) is 24.3 Å². The van der Waals surface area contributed by atoms with Crippen LogP contribution in [0.25, 0.3) is 0 Å². The van der Waals surface area contributed by atoms with E-state index in [0.717, 1.165) is 18.4 Å². The Morgan fingerprint density at radius 1 is 1.43 bits per heavy atom. The van der Waals surface area contributed by atoms with Crippen molar-refractivity contribution >= 4 is 22.6 Å². The number of nitrogens with two attached hydrogens (primary N) is 1. The Kier molecular flexibility index (Phi) is 3.09. The van der Waals surface area contributed by atoms with Crippen LogP contribution >= 0.6 is 22.6 Å². The van der Waals surface area contributed by atoms with Crippen molar-refractivity contribution in [3.8, 4) is 0 Å². The lowest BCUT2D eigenvalue weighted by Crippen LogP contribution is -2.27. The molecule has 1 aliphatic carbocycles. The Morgan fingerprint density at radius 3 is 2.71 bits per heavy atom. The fourth-order valence-corrected chi connectivity index (χ4v) is 2.21. The molecule has 3 heteroatoms. The van der Waals surface area contributed by atoms with Crippen LogP contribution in [-0.2, 0) is 0 Å². The molecule has 1 fully saturated rings. The molecule has 2 rings (SSSR count). The van der Waals surface area contributed by atoms with Gasteiger partial charge in [0.1, 0.15) is 0 Å². The minimum absolute atomic E-state index is 0.225. The lowest BCUT2D eigenvalue weighted by atomic mass is 9.99. The summed E-state index contributed by atoms with van der Waals surface area (Å²) in [6.07, 6.45) is 1.88. The van der Waals surface area contributed by atoms with Gasteiger partial charge in [0.2, 0.25) is 0 Å². The maximum atomic E-state index is 9.87. The maximum absolute atomic E-state index is 9.87. The summed E-state index contributed by atoms with van der Waals surface area (Å²) in [7, 11) is 0. The quantitative estimate of drug-likeness (QED) is 0.840. The third-order valence-corrected chi connectivity index (χ3v) is 3.38. The van der Waals surface area contributed by atoms with E-state index in [2.05, 4.69) is 22.6 Å². The van der Waals surface area contributed by atoms with E-state index < -0.39 is 0 Å². The van der Waals surface area contributed by atoms with Crippen LogP contribution in [0.5, 0.6) is 0 Å². The predicted molar refractivity (Wildman–Crippen MR) is 64.8 cm³/mol. The van der Waals surface area contributed by atoms with E-state index in [4.69, 9.17) is 5.73 Å². The molecule has 1 saturated carbocycles. The molecule has 0 spiro atoms.